The molecule has 0 spiro atoms. The van der Waals surface area contributed by atoms with Gasteiger partial charge in [0.15, 0.2) is 0 Å². The van der Waals surface area contributed by atoms with Crippen LogP contribution in [0.3, 0.4) is 0 Å². The van der Waals surface area contributed by atoms with Crippen LogP contribution in [0.2, 0.25) is 0 Å². The molecule has 2 N–H and O–H groups in total. The van der Waals surface area contributed by atoms with Gasteiger partial charge in [0.05, 0.1) is 18.4 Å². The largest absolute Gasteiger partial charge is 0.465 e. The summed E-state index contributed by atoms with van der Waals surface area (Å²) in [4.78, 5) is 24.0. The number of halogens is 1. The van der Waals surface area contributed by atoms with E-state index in [9.17, 15) is 9.59 Å². The van der Waals surface area contributed by atoms with E-state index < -0.39 is 5.97 Å². The smallest absolute Gasteiger partial charge is 0.341 e. The Hall–Kier alpha value is -1.56. The number of hydrogen-bond donors (Lipinski definition) is 2. The summed E-state index contributed by atoms with van der Waals surface area (Å²) in [6, 6.07) is 1.60. The highest BCUT2D eigenvalue weighted by atomic mass is 79.9. The maximum absolute atomic E-state index is 12.1. The summed E-state index contributed by atoms with van der Waals surface area (Å²) in [5.74, 6) is -0.486. The van der Waals surface area contributed by atoms with E-state index in [1.54, 1.807) is 0 Å². The summed E-state index contributed by atoms with van der Waals surface area (Å²) < 4.78 is 5.49. The maximum Gasteiger partial charge on any atom is 0.341 e. The fraction of sp³-hybridized carbons (Fsp3) is 0.467. The molecule has 0 atom stereocenters. The van der Waals surface area contributed by atoms with E-state index >= 15 is 0 Å². The zero-order valence-corrected chi connectivity index (χ0v) is 14.6. The molecule has 0 heterocycles. The molecule has 0 aliphatic heterocycles. The Morgan fingerprint density at radius 2 is 2.00 bits per heavy atom. The molecule has 6 heteroatoms. The Morgan fingerprint density at radius 3 is 2.48 bits per heavy atom. The van der Waals surface area contributed by atoms with Gasteiger partial charge in [0.2, 0.25) is 0 Å². The van der Waals surface area contributed by atoms with Gasteiger partial charge < -0.3 is 15.4 Å². The minimum atomic E-state index is -0.486. The zero-order chi connectivity index (χ0) is 16.2. The Bertz CT molecular complexity index is 556. The standard InChI is InChI=1S/C15H21BrN2O3/c1-6-10-7-9(4)13(18-15(20)17-8(2)3)11(12(10)16)14(19)21-5/h7-8H,6H2,1-5H3,(H2,17,18,20). The average Bonchev–Trinajstić information content (AvgIpc) is 2.41. The monoisotopic (exact) mass is 356 g/mol. The number of rotatable bonds is 4. The number of methoxy groups -OCH3 is 1. The van der Waals surface area contributed by atoms with Crippen molar-refractivity contribution >= 4 is 33.6 Å². The molecule has 0 aliphatic rings. The lowest BCUT2D eigenvalue weighted by Gasteiger charge is -2.18. The van der Waals surface area contributed by atoms with Gasteiger partial charge in [0.25, 0.3) is 0 Å². The molecule has 2 amide bonds. The molecule has 0 aliphatic carbocycles. The van der Waals surface area contributed by atoms with E-state index in [0.717, 1.165) is 17.5 Å². The van der Waals surface area contributed by atoms with Gasteiger partial charge in [-0.1, -0.05) is 13.0 Å². The third kappa shape index (κ3) is 4.20. The van der Waals surface area contributed by atoms with Gasteiger partial charge in [0.1, 0.15) is 0 Å². The van der Waals surface area contributed by atoms with Crippen LogP contribution in [0, 0.1) is 6.92 Å². The first-order chi connectivity index (χ1) is 9.81. The van der Waals surface area contributed by atoms with E-state index in [1.807, 2.05) is 33.8 Å². The molecule has 5 nitrogen and oxygen atoms in total. The number of carbonyl (C=O) groups is 2. The van der Waals surface area contributed by atoms with Crippen LogP contribution >= 0.6 is 15.9 Å². The van der Waals surface area contributed by atoms with E-state index in [2.05, 4.69) is 26.6 Å². The number of nitrogens with one attached hydrogen (secondary N) is 2. The van der Waals surface area contributed by atoms with Crippen molar-refractivity contribution in [1.29, 1.82) is 0 Å². The molecule has 0 saturated heterocycles. The quantitative estimate of drug-likeness (QED) is 0.809. The van der Waals surface area contributed by atoms with Gasteiger partial charge in [-0.2, -0.15) is 0 Å². The summed E-state index contributed by atoms with van der Waals surface area (Å²) in [6.45, 7) is 7.58. The van der Waals surface area contributed by atoms with Crippen LogP contribution in [0.4, 0.5) is 10.5 Å². The van der Waals surface area contributed by atoms with Crippen LogP contribution in [-0.4, -0.2) is 25.2 Å². The Kier molecular flexibility index (Phi) is 6.20. The van der Waals surface area contributed by atoms with Crippen molar-refractivity contribution in [2.45, 2.75) is 40.2 Å². The van der Waals surface area contributed by atoms with Gasteiger partial charge in [-0.25, -0.2) is 9.59 Å². The van der Waals surface area contributed by atoms with Crippen LogP contribution in [0.5, 0.6) is 0 Å². The first-order valence-corrected chi connectivity index (χ1v) is 7.58. The lowest BCUT2D eigenvalue weighted by Crippen LogP contribution is -2.35. The number of ether oxygens (including phenoxy) is 1. The fourth-order valence-electron chi connectivity index (χ4n) is 1.99. The van der Waals surface area contributed by atoms with E-state index in [0.29, 0.717) is 15.7 Å². The first-order valence-electron chi connectivity index (χ1n) is 6.79. The van der Waals surface area contributed by atoms with Crippen molar-refractivity contribution in [2.75, 3.05) is 12.4 Å². The lowest BCUT2D eigenvalue weighted by molar-refractivity contribution is 0.0600. The van der Waals surface area contributed by atoms with Crippen molar-refractivity contribution in [3.05, 3.63) is 27.2 Å². The van der Waals surface area contributed by atoms with Gasteiger partial charge in [-0.05, 0) is 54.2 Å². The minimum Gasteiger partial charge on any atom is -0.465 e. The number of hydrogen-bond acceptors (Lipinski definition) is 3. The molecule has 0 radical (unpaired) electrons. The third-order valence-corrected chi connectivity index (χ3v) is 3.87. The molecule has 0 saturated carbocycles. The second-order valence-electron chi connectivity index (χ2n) is 5.01. The van der Waals surface area contributed by atoms with Crippen molar-refractivity contribution in [1.82, 2.24) is 5.32 Å². The molecule has 1 aromatic carbocycles. The number of carbonyl (C=O) groups excluding carboxylic acids is 2. The summed E-state index contributed by atoms with van der Waals surface area (Å²) in [7, 11) is 1.32. The third-order valence-electron chi connectivity index (χ3n) is 2.97. The van der Waals surface area contributed by atoms with Gasteiger partial charge >= 0.3 is 12.0 Å². The predicted molar refractivity (Wildman–Crippen MR) is 86.9 cm³/mol. The number of esters is 1. The predicted octanol–water partition coefficient (Wildman–Crippen LogP) is 3.64. The lowest BCUT2D eigenvalue weighted by atomic mass is 10.0. The van der Waals surface area contributed by atoms with Crippen molar-refractivity contribution in [2.24, 2.45) is 0 Å². The van der Waals surface area contributed by atoms with Gasteiger partial charge in [-0.15, -0.1) is 0 Å². The Balaban J connectivity index is 3.32. The number of aryl methyl sites for hydroxylation is 2. The van der Waals surface area contributed by atoms with Gasteiger partial charge in [-0.3, -0.25) is 0 Å². The summed E-state index contributed by atoms with van der Waals surface area (Å²) >= 11 is 3.44. The first kappa shape index (κ1) is 17.5. The van der Waals surface area contributed by atoms with Crippen LogP contribution in [0.25, 0.3) is 0 Å². The van der Waals surface area contributed by atoms with Gasteiger partial charge in [0, 0.05) is 10.5 Å². The molecule has 1 aromatic rings. The number of urea groups is 1. The number of benzene rings is 1. The molecule has 116 valence electrons. The van der Waals surface area contributed by atoms with Crippen LogP contribution < -0.4 is 10.6 Å². The van der Waals surface area contributed by atoms with Crippen molar-refractivity contribution < 1.29 is 14.3 Å². The topological polar surface area (TPSA) is 67.4 Å². The van der Waals surface area contributed by atoms with E-state index in [1.165, 1.54) is 7.11 Å². The highest BCUT2D eigenvalue weighted by Crippen LogP contribution is 2.33. The van der Waals surface area contributed by atoms with Crippen molar-refractivity contribution in [3.8, 4) is 0 Å². The summed E-state index contributed by atoms with van der Waals surface area (Å²) in [5, 5.41) is 5.47. The number of anilines is 1. The Labute approximate surface area is 133 Å². The molecule has 0 unspecified atom stereocenters. The maximum atomic E-state index is 12.1. The minimum absolute atomic E-state index is 0.00485. The Morgan fingerprint density at radius 1 is 1.38 bits per heavy atom. The van der Waals surface area contributed by atoms with Crippen LogP contribution in [0.15, 0.2) is 10.5 Å². The van der Waals surface area contributed by atoms with Crippen molar-refractivity contribution in [3.63, 3.8) is 0 Å². The highest BCUT2D eigenvalue weighted by molar-refractivity contribution is 9.10. The number of amides is 2. The second-order valence-corrected chi connectivity index (χ2v) is 5.81. The average molecular weight is 357 g/mol. The van der Waals surface area contributed by atoms with E-state index in [-0.39, 0.29) is 12.1 Å². The molecule has 0 aromatic heterocycles. The second kappa shape index (κ2) is 7.45. The van der Waals surface area contributed by atoms with E-state index in [4.69, 9.17) is 4.74 Å². The molecule has 1 rings (SSSR count). The molecular weight excluding hydrogens is 336 g/mol. The van der Waals surface area contributed by atoms with Crippen LogP contribution in [-0.2, 0) is 11.2 Å². The van der Waals surface area contributed by atoms with Crippen LogP contribution in [0.1, 0.15) is 42.3 Å². The molecular formula is C15H21BrN2O3. The molecule has 0 bridgehead atoms. The zero-order valence-electron chi connectivity index (χ0n) is 13.0. The molecule has 21 heavy (non-hydrogen) atoms. The fourth-order valence-corrected chi connectivity index (χ4v) is 2.74. The highest BCUT2D eigenvalue weighted by Gasteiger charge is 2.22. The normalized spacial score (nSPS) is 10.4. The molecule has 0 fully saturated rings. The summed E-state index contributed by atoms with van der Waals surface area (Å²) in [5.41, 5.74) is 2.61. The summed E-state index contributed by atoms with van der Waals surface area (Å²) in [6.07, 6.45) is 0.768. The SMILES string of the molecule is CCc1cc(C)c(NC(=O)NC(C)C)c(C(=O)OC)c1Br.